The molecule has 0 radical (unpaired) electrons. The van der Waals surface area contributed by atoms with Gasteiger partial charge in [0.2, 0.25) is 0 Å². The zero-order valence-electron chi connectivity index (χ0n) is 11.2. The second kappa shape index (κ2) is 4.82. The molecule has 0 fully saturated rings. The summed E-state index contributed by atoms with van der Waals surface area (Å²) in [5, 5.41) is 13.6. The highest BCUT2D eigenvalue weighted by atomic mass is 35.5. The molecule has 0 aliphatic heterocycles. The van der Waals surface area contributed by atoms with Gasteiger partial charge in [0.25, 0.3) is 0 Å². The van der Waals surface area contributed by atoms with Crippen LogP contribution in [0.3, 0.4) is 0 Å². The van der Waals surface area contributed by atoms with Gasteiger partial charge in [0.1, 0.15) is 0 Å². The number of halogens is 1. The predicted octanol–water partition coefficient (Wildman–Crippen LogP) is 4.31. The van der Waals surface area contributed by atoms with Gasteiger partial charge < -0.3 is 10.3 Å². The molecular weight excluding hydrogens is 284 g/mol. The first-order chi connectivity index (χ1) is 10.3. The highest BCUT2D eigenvalue weighted by Crippen LogP contribution is 2.25. The van der Waals surface area contributed by atoms with Gasteiger partial charge in [-0.2, -0.15) is 5.10 Å². The van der Waals surface area contributed by atoms with E-state index in [2.05, 4.69) is 26.6 Å². The molecule has 0 unspecified atom stereocenters. The smallest absolute Gasteiger partial charge is 0.0671 e. The maximum Gasteiger partial charge on any atom is 0.0671 e. The van der Waals surface area contributed by atoms with Crippen molar-refractivity contribution < 1.29 is 0 Å². The Morgan fingerprint density at radius 1 is 1.10 bits per heavy atom. The normalized spacial score (nSPS) is 11.3. The summed E-state index contributed by atoms with van der Waals surface area (Å²) in [5.41, 5.74) is 4.37. The van der Waals surface area contributed by atoms with Gasteiger partial charge in [-0.1, -0.05) is 23.7 Å². The van der Waals surface area contributed by atoms with Gasteiger partial charge >= 0.3 is 0 Å². The van der Waals surface area contributed by atoms with Gasteiger partial charge in [-0.05, 0) is 29.8 Å². The number of hydrogen-bond acceptors (Lipinski definition) is 2. The lowest BCUT2D eigenvalue weighted by molar-refractivity contribution is 1.12. The number of H-pyrrole nitrogens is 2. The van der Waals surface area contributed by atoms with Crippen molar-refractivity contribution >= 4 is 39.1 Å². The number of aromatic nitrogens is 3. The van der Waals surface area contributed by atoms with Crippen molar-refractivity contribution in [1.29, 1.82) is 0 Å². The molecule has 104 valence electrons. The van der Waals surface area contributed by atoms with E-state index >= 15 is 0 Å². The lowest BCUT2D eigenvalue weighted by Crippen LogP contribution is -1.98. The van der Waals surface area contributed by atoms with E-state index in [1.165, 1.54) is 10.9 Å². The molecule has 4 rings (SSSR count). The topological polar surface area (TPSA) is 56.5 Å². The van der Waals surface area contributed by atoms with Crippen LogP contribution in [0.15, 0.2) is 48.8 Å². The van der Waals surface area contributed by atoms with E-state index in [4.69, 9.17) is 11.6 Å². The van der Waals surface area contributed by atoms with Crippen molar-refractivity contribution in [2.75, 3.05) is 5.32 Å². The number of fused-ring (bicyclic) bond motifs is 2. The van der Waals surface area contributed by atoms with Crippen molar-refractivity contribution in [3.05, 3.63) is 59.4 Å². The van der Waals surface area contributed by atoms with Crippen molar-refractivity contribution in [1.82, 2.24) is 15.2 Å². The van der Waals surface area contributed by atoms with E-state index in [-0.39, 0.29) is 0 Å². The van der Waals surface area contributed by atoms with Crippen molar-refractivity contribution in [3.63, 3.8) is 0 Å². The fraction of sp³-hybridized carbons (Fsp3) is 0.0625. The number of aromatic amines is 2. The number of hydrogen-bond donors (Lipinski definition) is 3. The molecule has 0 amide bonds. The van der Waals surface area contributed by atoms with Gasteiger partial charge in [0.05, 0.1) is 11.7 Å². The van der Waals surface area contributed by atoms with Crippen LogP contribution in [0, 0.1) is 0 Å². The molecule has 4 aromatic rings. The molecule has 5 heteroatoms. The van der Waals surface area contributed by atoms with Crippen molar-refractivity contribution in [2.24, 2.45) is 0 Å². The first kappa shape index (κ1) is 12.3. The van der Waals surface area contributed by atoms with Gasteiger partial charge in [-0.3, -0.25) is 5.10 Å². The first-order valence-electron chi connectivity index (χ1n) is 6.73. The standard InChI is InChI=1S/C16H13ClN4/c17-11-4-5-12-10(8-19-16(12)6-11)7-18-14-2-1-3-15-13(14)9-20-21-15/h1-6,8-9,18-19H,7H2,(H,20,21). The van der Waals surface area contributed by atoms with E-state index in [0.29, 0.717) is 0 Å². The molecule has 0 saturated carbocycles. The average molecular weight is 297 g/mol. The van der Waals surface area contributed by atoms with Crippen LogP contribution in [0.5, 0.6) is 0 Å². The second-order valence-electron chi connectivity index (χ2n) is 4.99. The Bertz CT molecular complexity index is 922. The van der Waals surface area contributed by atoms with Crippen molar-refractivity contribution in [3.8, 4) is 0 Å². The molecule has 0 aliphatic rings. The molecule has 0 spiro atoms. The summed E-state index contributed by atoms with van der Waals surface area (Å²) in [6.45, 7) is 0.742. The Hall–Kier alpha value is -2.46. The number of rotatable bonds is 3. The third-order valence-corrected chi connectivity index (χ3v) is 3.92. The van der Waals surface area contributed by atoms with Crippen LogP contribution >= 0.6 is 11.6 Å². The molecule has 4 nitrogen and oxygen atoms in total. The molecule has 0 saturated heterocycles. The van der Waals surface area contributed by atoms with E-state index < -0.39 is 0 Å². The van der Waals surface area contributed by atoms with Gasteiger partial charge in [0.15, 0.2) is 0 Å². The predicted molar refractivity (Wildman–Crippen MR) is 86.7 cm³/mol. The molecule has 2 aromatic carbocycles. The monoisotopic (exact) mass is 296 g/mol. The van der Waals surface area contributed by atoms with E-state index in [1.807, 2.05) is 42.7 Å². The lowest BCUT2D eigenvalue weighted by Gasteiger charge is -2.06. The Morgan fingerprint density at radius 3 is 3.00 bits per heavy atom. The van der Waals surface area contributed by atoms with Crippen LogP contribution in [-0.2, 0) is 6.54 Å². The lowest BCUT2D eigenvalue weighted by atomic mass is 10.1. The Kier molecular flexibility index (Phi) is 2.82. The maximum atomic E-state index is 6.01. The fourth-order valence-electron chi connectivity index (χ4n) is 2.62. The van der Waals surface area contributed by atoms with Gasteiger partial charge in [-0.25, -0.2) is 0 Å². The Morgan fingerprint density at radius 2 is 2.05 bits per heavy atom. The molecule has 0 atom stereocenters. The quantitative estimate of drug-likeness (QED) is 0.527. The van der Waals surface area contributed by atoms with Gasteiger partial charge in [0, 0.05) is 39.7 Å². The van der Waals surface area contributed by atoms with Crippen LogP contribution < -0.4 is 5.32 Å². The number of anilines is 1. The molecular formula is C16H13ClN4. The average Bonchev–Trinajstić information content (AvgIpc) is 3.11. The van der Waals surface area contributed by atoms with E-state index in [9.17, 15) is 0 Å². The van der Waals surface area contributed by atoms with Crippen molar-refractivity contribution in [2.45, 2.75) is 6.54 Å². The summed E-state index contributed by atoms with van der Waals surface area (Å²) in [6.07, 6.45) is 3.86. The molecule has 2 heterocycles. The summed E-state index contributed by atoms with van der Waals surface area (Å²) >= 11 is 6.01. The van der Waals surface area contributed by atoms with Crippen LogP contribution in [0.2, 0.25) is 5.02 Å². The van der Waals surface area contributed by atoms with E-state index in [0.717, 1.165) is 33.7 Å². The fourth-order valence-corrected chi connectivity index (χ4v) is 2.79. The van der Waals surface area contributed by atoms with Crippen LogP contribution in [0.1, 0.15) is 5.56 Å². The minimum atomic E-state index is 0.742. The minimum absolute atomic E-state index is 0.742. The summed E-state index contributed by atoms with van der Waals surface area (Å²) < 4.78 is 0. The number of nitrogens with zero attached hydrogens (tertiary/aromatic N) is 1. The number of benzene rings is 2. The maximum absolute atomic E-state index is 6.01. The van der Waals surface area contributed by atoms with E-state index in [1.54, 1.807) is 0 Å². The molecule has 21 heavy (non-hydrogen) atoms. The largest absolute Gasteiger partial charge is 0.380 e. The van der Waals surface area contributed by atoms with Gasteiger partial charge in [-0.15, -0.1) is 0 Å². The highest BCUT2D eigenvalue weighted by Gasteiger charge is 2.06. The molecule has 0 bridgehead atoms. The highest BCUT2D eigenvalue weighted by molar-refractivity contribution is 6.31. The zero-order chi connectivity index (χ0) is 14.2. The molecule has 0 aliphatic carbocycles. The first-order valence-corrected chi connectivity index (χ1v) is 7.10. The SMILES string of the molecule is Clc1ccc2c(CNc3cccc4[nH]ncc34)c[nH]c2c1. The summed E-state index contributed by atoms with van der Waals surface area (Å²) in [6, 6.07) is 12.0. The minimum Gasteiger partial charge on any atom is -0.380 e. The van der Waals surface area contributed by atoms with Crippen LogP contribution in [0.4, 0.5) is 5.69 Å². The van der Waals surface area contributed by atoms with Crippen LogP contribution in [-0.4, -0.2) is 15.2 Å². The Balaban J connectivity index is 1.65. The second-order valence-corrected chi connectivity index (χ2v) is 5.43. The Labute approximate surface area is 126 Å². The summed E-state index contributed by atoms with van der Waals surface area (Å²) in [7, 11) is 0. The zero-order valence-corrected chi connectivity index (χ0v) is 11.9. The summed E-state index contributed by atoms with van der Waals surface area (Å²) in [4.78, 5) is 3.25. The third kappa shape index (κ3) is 2.14. The number of nitrogens with one attached hydrogen (secondary N) is 3. The summed E-state index contributed by atoms with van der Waals surface area (Å²) in [5.74, 6) is 0. The molecule has 2 aromatic heterocycles. The third-order valence-electron chi connectivity index (χ3n) is 3.68. The van der Waals surface area contributed by atoms with Crippen LogP contribution in [0.25, 0.3) is 21.8 Å². The molecule has 3 N–H and O–H groups in total.